The smallest absolute Gasteiger partial charge is 0.338 e. The number of rotatable bonds is 16. The van der Waals surface area contributed by atoms with Gasteiger partial charge in [0.2, 0.25) is 0 Å². The van der Waals surface area contributed by atoms with Crippen LogP contribution in [-0.4, -0.2) is 29.8 Å². The number of esters is 1. The number of benzene rings is 3. The molecule has 41 heavy (non-hydrogen) atoms. The minimum atomic E-state index is -0.773. The van der Waals surface area contributed by atoms with Gasteiger partial charge in [0, 0.05) is 25.2 Å². The molecule has 3 aromatic rings. The summed E-state index contributed by atoms with van der Waals surface area (Å²) >= 11 is 0. The first-order chi connectivity index (χ1) is 19.7. The van der Waals surface area contributed by atoms with Crippen molar-refractivity contribution in [2.45, 2.75) is 84.1 Å². The molecule has 3 rings (SSSR count). The molecule has 0 bridgehead atoms. The lowest BCUT2D eigenvalue weighted by molar-refractivity contribution is 0.0237. The largest absolute Gasteiger partial charge is 0.456 e. The zero-order chi connectivity index (χ0) is 29.8. The zero-order valence-corrected chi connectivity index (χ0v) is 24.4. The molecule has 0 amide bonds. The number of nitrogens with two attached hydrogens (primary N) is 1. The van der Waals surface area contributed by atoms with Crippen LogP contribution in [0, 0.1) is 17.6 Å². The molecule has 4 N–H and O–H groups in total. The van der Waals surface area contributed by atoms with E-state index in [-0.39, 0.29) is 18.9 Å². The van der Waals surface area contributed by atoms with E-state index >= 15 is 0 Å². The minimum Gasteiger partial charge on any atom is -0.456 e. The summed E-state index contributed by atoms with van der Waals surface area (Å²) in [7, 11) is 0. The molecule has 222 valence electrons. The first kappa shape index (κ1) is 32.4. The van der Waals surface area contributed by atoms with E-state index in [1.54, 1.807) is 18.2 Å². The predicted octanol–water partition coefficient (Wildman–Crippen LogP) is 6.66. The van der Waals surface area contributed by atoms with E-state index in [0.29, 0.717) is 23.2 Å². The third-order valence-corrected chi connectivity index (χ3v) is 7.43. The van der Waals surface area contributed by atoms with E-state index < -0.39 is 35.9 Å². The summed E-state index contributed by atoms with van der Waals surface area (Å²) in [5, 5.41) is 14.4. The van der Waals surface area contributed by atoms with E-state index in [9.17, 15) is 18.7 Å². The van der Waals surface area contributed by atoms with Gasteiger partial charge < -0.3 is 20.9 Å². The van der Waals surface area contributed by atoms with Gasteiger partial charge in [-0.25, -0.2) is 13.6 Å². The van der Waals surface area contributed by atoms with Gasteiger partial charge in [-0.1, -0.05) is 70.0 Å². The Morgan fingerprint density at radius 1 is 0.902 bits per heavy atom. The Labute approximate surface area is 243 Å². The number of ether oxygens (including phenoxy) is 1. The van der Waals surface area contributed by atoms with Crippen LogP contribution in [0.2, 0.25) is 0 Å². The number of carbonyl (C=O) groups excluding carboxylic acids is 1. The van der Waals surface area contributed by atoms with E-state index in [2.05, 4.69) is 38.2 Å². The van der Waals surface area contributed by atoms with Crippen LogP contribution in [0.4, 0.5) is 8.78 Å². The van der Waals surface area contributed by atoms with Gasteiger partial charge in [0.1, 0.15) is 17.7 Å². The number of carbonyl (C=O) groups is 1. The van der Waals surface area contributed by atoms with Crippen molar-refractivity contribution < 1.29 is 23.4 Å². The fourth-order valence-corrected chi connectivity index (χ4v) is 5.26. The second-order valence-electron chi connectivity index (χ2n) is 10.8. The van der Waals surface area contributed by atoms with Crippen LogP contribution < -0.4 is 11.1 Å². The van der Waals surface area contributed by atoms with Crippen molar-refractivity contribution in [3.05, 3.63) is 106 Å². The van der Waals surface area contributed by atoms with Gasteiger partial charge in [-0.15, -0.1) is 0 Å². The summed E-state index contributed by atoms with van der Waals surface area (Å²) in [5.74, 6) is -1.83. The van der Waals surface area contributed by atoms with Gasteiger partial charge in [0.25, 0.3) is 0 Å². The van der Waals surface area contributed by atoms with Crippen LogP contribution in [0.15, 0.2) is 66.7 Å². The average Bonchev–Trinajstić information content (AvgIpc) is 2.95. The van der Waals surface area contributed by atoms with Gasteiger partial charge in [0.05, 0.1) is 11.7 Å². The highest BCUT2D eigenvalue weighted by atomic mass is 19.1. The molecular weight excluding hydrogens is 522 g/mol. The molecular formula is C34H44F2N2O3. The molecule has 0 fully saturated rings. The molecule has 5 nitrogen and oxygen atoms in total. The van der Waals surface area contributed by atoms with Gasteiger partial charge >= 0.3 is 5.97 Å². The van der Waals surface area contributed by atoms with E-state index in [0.717, 1.165) is 43.7 Å². The Kier molecular flexibility index (Phi) is 12.9. The Bertz CT molecular complexity index is 1230. The molecule has 0 aliphatic carbocycles. The fourth-order valence-electron chi connectivity index (χ4n) is 5.26. The maximum absolute atomic E-state index is 13.8. The summed E-state index contributed by atoms with van der Waals surface area (Å²) in [6, 6.07) is 17.7. The Morgan fingerprint density at radius 2 is 1.56 bits per heavy atom. The lowest BCUT2D eigenvalue weighted by Gasteiger charge is -2.26. The summed E-state index contributed by atoms with van der Waals surface area (Å²) in [4.78, 5) is 13.3. The highest BCUT2D eigenvalue weighted by Crippen LogP contribution is 2.30. The lowest BCUT2D eigenvalue weighted by atomic mass is 9.88. The highest BCUT2D eigenvalue weighted by molar-refractivity contribution is 5.89. The molecule has 0 aliphatic heterocycles. The third kappa shape index (κ3) is 10.0. The number of aliphatic hydroxyl groups is 1. The molecule has 0 heterocycles. The SMILES string of the molecule is CCCC(CCC)[C@@H](O)c1cccc(C(=O)OC(CNCc2cccc(CC)c2)[C@@H](N)Cc2cc(F)cc(F)c2)c1. The van der Waals surface area contributed by atoms with Gasteiger partial charge in [-0.05, 0) is 78.1 Å². The molecule has 0 spiro atoms. The number of hydrogen-bond acceptors (Lipinski definition) is 5. The molecule has 1 unspecified atom stereocenters. The first-order valence-electron chi connectivity index (χ1n) is 14.7. The number of halogens is 2. The molecule has 3 atom stereocenters. The normalized spacial score (nSPS) is 13.7. The van der Waals surface area contributed by atoms with Crippen molar-refractivity contribution in [3.63, 3.8) is 0 Å². The minimum absolute atomic E-state index is 0.111. The van der Waals surface area contributed by atoms with Crippen LogP contribution in [0.3, 0.4) is 0 Å². The molecule has 0 aliphatic rings. The number of nitrogens with one attached hydrogen (secondary N) is 1. The van der Waals surface area contributed by atoms with Gasteiger partial charge in [-0.3, -0.25) is 0 Å². The highest BCUT2D eigenvalue weighted by Gasteiger charge is 2.25. The molecule has 0 radical (unpaired) electrons. The zero-order valence-electron chi connectivity index (χ0n) is 24.4. The van der Waals surface area contributed by atoms with Crippen molar-refractivity contribution in [2.75, 3.05) is 6.54 Å². The molecule has 0 saturated carbocycles. The molecule has 0 aromatic heterocycles. The maximum atomic E-state index is 13.8. The molecule has 3 aromatic carbocycles. The monoisotopic (exact) mass is 566 g/mol. The van der Waals surface area contributed by atoms with Crippen LogP contribution >= 0.6 is 0 Å². The number of aryl methyl sites for hydroxylation is 1. The Balaban J connectivity index is 1.76. The van der Waals surface area contributed by atoms with Crippen molar-refractivity contribution in [1.82, 2.24) is 5.32 Å². The predicted molar refractivity (Wildman–Crippen MR) is 159 cm³/mol. The van der Waals surface area contributed by atoms with Crippen molar-refractivity contribution in [2.24, 2.45) is 11.7 Å². The Hall–Kier alpha value is -3.13. The second-order valence-corrected chi connectivity index (χ2v) is 10.8. The average molecular weight is 567 g/mol. The van der Waals surface area contributed by atoms with Crippen LogP contribution in [-0.2, 0) is 24.1 Å². The van der Waals surface area contributed by atoms with E-state index in [1.807, 2.05) is 18.2 Å². The topological polar surface area (TPSA) is 84.6 Å². The van der Waals surface area contributed by atoms with Crippen LogP contribution in [0.5, 0.6) is 0 Å². The fraction of sp³-hybridized carbons (Fsp3) is 0.441. The van der Waals surface area contributed by atoms with Crippen LogP contribution in [0.25, 0.3) is 0 Å². The van der Waals surface area contributed by atoms with E-state index in [4.69, 9.17) is 10.5 Å². The van der Waals surface area contributed by atoms with Gasteiger partial charge in [0.15, 0.2) is 0 Å². The van der Waals surface area contributed by atoms with Crippen LogP contribution in [0.1, 0.15) is 85.2 Å². The summed E-state index contributed by atoms with van der Waals surface area (Å²) in [6.45, 7) is 7.08. The number of hydrogen-bond donors (Lipinski definition) is 3. The second kappa shape index (κ2) is 16.3. The van der Waals surface area contributed by atoms with Gasteiger partial charge in [-0.2, -0.15) is 0 Å². The quantitative estimate of drug-likeness (QED) is 0.169. The summed E-state index contributed by atoms with van der Waals surface area (Å²) < 4.78 is 33.5. The first-order valence-corrected chi connectivity index (χ1v) is 14.7. The maximum Gasteiger partial charge on any atom is 0.338 e. The third-order valence-electron chi connectivity index (χ3n) is 7.43. The summed E-state index contributed by atoms with van der Waals surface area (Å²) in [6.07, 6.45) is 3.32. The lowest BCUT2D eigenvalue weighted by Crippen LogP contribution is -2.46. The molecule has 0 saturated heterocycles. The van der Waals surface area contributed by atoms with E-state index in [1.165, 1.54) is 17.7 Å². The Morgan fingerprint density at radius 3 is 2.22 bits per heavy atom. The standard InChI is InChI=1S/C34H44F2N2O3/c1-4-9-26(10-5-2)33(39)27-13-8-14-28(19-27)34(40)41-32(22-38-21-24-12-7-11-23(6-3)15-24)31(37)18-25-16-29(35)20-30(36)17-25/h7-8,11-17,19-20,26,31-33,38-39H,4-6,9-10,18,21-22,37H2,1-3H3/t31-,32?,33+/m0/s1. The summed E-state index contributed by atoms with van der Waals surface area (Å²) in [5.41, 5.74) is 10.2. The van der Waals surface area contributed by atoms with Crippen molar-refractivity contribution >= 4 is 5.97 Å². The number of aliphatic hydroxyl groups excluding tert-OH is 1. The molecule has 7 heteroatoms. The van der Waals surface area contributed by atoms with Crippen molar-refractivity contribution in [3.8, 4) is 0 Å². The van der Waals surface area contributed by atoms with Crippen molar-refractivity contribution in [1.29, 1.82) is 0 Å².